The van der Waals surface area contributed by atoms with Gasteiger partial charge in [0.15, 0.2) is 0 Å². The molecule has 86 valence electrons. The molecule has 4 heteroatoms. The molecule has 0 aromatic heterocycles. The van der Waals surface area contributed by atoms with Gasteiger partial charge in [-0.2, -0.15) is 0 Å². The van der Waals surface area contributed by atoms with Crippen LogP contribution in [0.4, 0.5) is 0 Å². The molecule has 2 N–H and O–H groups in total. The van der Waals surface area contributed by atoms with Gasteiger partial charge in [0.05, 0.1) is 12.1 Å². The number of nitrogens with zero attached hydrogens (tertiary/aromatic N) is 1. The third-order valence-electron chi connectivity index (χ3n) is 3.33. The summed E-state index contributed by atoms with van der Waals surface area (Å²) < 4.78 is 0. The van der Waals surface area contributed by atoms with Crippen molar-refractivity contribution >= 4 is 5.91 Å². The van der Waals surface area contributed by atoms with E-state index >= 15 is 0 Å². The highest BCUT2D eigenvalue weighted by Gasteiger charge is 2.29. The minimum atomic E-state index is -0.306. The first-order valence-electron chi connectivity index (χ1n) is 5.97. The Morgan fingerprint density at radius 1 is 1.27 bits per heavy atom. The maximum atomic E-state index is 12.1. The number of aliphatic hydroxyl groups excluding tert-OH is 1. The van der Waals surface area contributed by atoms with Crippen molar-refractivity contribution in [3.8, 4) is 0 Å². The summed E-state index contributed by atoms with van der Waals surface area (Å²) in [4.78, 5) is 13.9. The Morgan fingerprint density at radius 3 is 2.87 bits per heavy atom. The zero-order valence-electron chi connectivity index (χ0n) is 9.11. The van der Waals surface area contributed by atoms with E-state index in [1.54, 1.807) is 4.90 Å². The lowest BCUT2D eigenvalue weighted by atomic mass is 10.1. The largest absolute Gasteiger partial charge is 0.391 e. The van der Waals surface area contributed by atoms with E-state index in [9.17, 15) is 9.90 Å². The van der Waals surface area contributed by atoms with Crippen LogP contribution >= 0.6 is 0 Å². The number of amides is 1. The Kier molecular flexibility index (Phi) is 3.59. The summed E-state index contributed by atoms with van der Waals surface area (Å²) in [6.45, 7) is 2.20. The van der Waals surface area contributed by atoms with E-state index in [-0.39, 0.29) is 18.1 Å². The molecule has 1 amide bonds. The van der Waals surface area contributed by atoms with Gasteiger partial charge in [-0.15, -0.1) is 0 Å². The standard InChI is InChI=1S/C11H20N2O2/c14-9-5-7-13(8-9)11(15)10-4-2-1-3-6-12-10/h9-10,12,14H,1-8H2/t9-,10?/m1/s1. The lowest BCUT2D eigenvalue weighted by Crippen LogP contribution is -2.45. The fourth-order valence-electron chi connectivity index (χ4n) is 2.40. The van der Waals surface area contributed by atoms with Gasteiger partial charge in [-0.3, -0.25) is 4.79 Å². The molecule has 2 rings (SSSR count). The predicted molar refractivity (Wildman–Crippen MR) is 57.5 cm³/mol. The molecule has 0 aromatic rings. The second-order valence-electron chi connectivity index (χ2n) is 4.58. The summed E-state index contributed by atoms with van der Waals surface area (Å²) in [5.41, 5.74) is 0. The monoisotopic (exact) mass is 212 g/mol. The number of nitrogens with one attached hydrogen (secondary N) is 1. The molecule has 2 heterocycles. The number of aliphatic hydroxyl groups is 1. The van der Waals surface area contributed by atoms with Crippen LogP contribution in [-0.4, -0.2) is 47.7 Å². The maximum absolute atomic E-state index is 12.1. The predicted octanol–water partition coefficient (Wildman–Crippen LogP) is 0.112. The second kappa shape index (κ2) is 4.94. The van der Waals surface area contributed by atoms with Crippen LogP contribution in [0.2, 0.25) is 0 Å². The van der Waals surface area contributed by atoms with E-state index in [0.717, 1.165) is 32.4 Å². The Morgan fingerprint density at radius 2 is 2.13 bits per heavy atom. The smallest absolute Gasteiger partial charge is 0.239 e. The van der Waals surface area contributed by atoms with E-state index in [4.69, 9.17) is 0 Å². The summed E-state index contributed by atoms with van der Waals surface area (Å²) in [6, 6.07) is -0.00204. The highest BCUT2D eigenvalue weighted by atomic mass is 16.3. The normalized spacial score (nSPS) is 32.7. The van der Waals surface area contributed by atoms with Crippen LogP contribution in [0.15, 0.2) is 0 Å². The molecule has 2 fully saturated rings. The summed E-state index contributed by atoms with van der Waals surface area (Å²) in [5.74, 6) is 0.188. The molecule has 1 unspecified atom stereocenters. The molecule has 0 aromatic carbocycles. The van der Waals surface area contributed by atoms with Crippen molar-refractivity contribution in [3.63, 3.8) is 0 Å². The fraction of sp³-hybridized carbons (Fsp3) is 0.909. The van der Waals surface area contributed by atoms with Gasteiger partial charge in [-0.25, -0.2) is 0 Å². The molecule has 0 bridgehead atoms. The minimum Gasteiger partial charge on any atom is -0.391 e. The number of rotatable bonds is 1. The van der Waals surface area contributed by atoms with Gasteiger partial charge in [-0.1, -0.05) is 12.8 Å². The van der Waals surface area contributed by atoms with Crippen LogP contribution in [0, 0.1) is 0 Å². The first-order chi connectivity index (χ1) is 7.27. The fourth-order valence-corrected chi connectivity index (χ4v) is 2.40. The van der Waals surface area contributed by atoms with E-state index in [1.165, 1.54) is 12.8 Å². The van der Waals surface area contributed by atoms with Gasteiger partial charge < -0.3 is 15.3 Å². The Labute approximate surface area is 90.6 Å². The molecular weight excluding hydrogens is 192 g/mol. The van der Waals surface area contributed by atoms with Gasteiger partial charge in [0.1, 0.15) is 0 Å². The highest BCUT2D eigenvalue weighted by molar-refractivity contribution is 5.82. The zero-order valence-corrected chi connectivity index (χ0v) is 9.11. The Bertz CT molecular complexity index is 225. The number of hydrogen-bond donors (Lipinski definition) is 2. The molecule has 0 saturated carbocycles. The van der Waals surface area contributed by atoms with Crippen molar-refractivity contribution in [2.45, 2.75) is 44.2 Å². The molecular formula is C11H20N2O2. The van der Waals surface area contributed by atoms with Crippen LogP contribution in [0.1, 0.15) is 32.1 Å². The van der Waals surface area contributed by atoms with E-state index in [0.29, 0.717) is 6.54 Å². The van der Waals surface area contributed by atoms with Crippen molar-refractivity contribution in [2.75, 3.05) is 19.6 Å². The minimum absolute atomic E-state index is 0.00204. The third kappa shape index (κ3) is 2.69. The molecule has 2 aliphatic heterocycles. The number of hydrogen-bond acceptors (Lipinski definition) is 3. The topological polar surface area (TPSA) is 52.6 Å². The summed E-state index contributed by atoms with van der Waals surface area (Å²) in [5, 5.41) is 12.7. The van der Waals surface area contributed by atoms with Gasteiger partial charge in [0, 0.05) is 13.1 Å². The molecule has 2 saturated heterocycles. The Hall–Kier alpha value is -0.610. The molecule has 15 heavy (non-hydrogen) atoms. The quantitative estimate of drug-likeness (QED) is 0.649. The summed E-state index contributed by atoms with van der Waals surface area (Å²) in [7, 11) is 0. The van der Waals surface area contributed by atoms with E-state index in [2.05, 4.69) is 5.32 Å². The van der Waals surface area contributed by atoms with Crippen LogP contribution < -0.4 is 5.32 Å². The lowest BCUT2D eigenvalue weighted by molar-refractivity contribution is -0.132. The average molecular weight is 212 g/mol. The van der Waals surface area contributed by atoms with Crippen LogP contribution in [0.25, 0.3) is 0 Å². The van der Waals surface area contributed by atoms with Crippen molar-refractivity contribution in [3.05, 3.63) is 0 Å². The molecule has 0 aliphatic carbocycles. The number of carbonyl (C=O) groups excluding carboxylic acids is 1. The third-order valence-corrected chi connectivity index (χ3v) is 3.33. The highest BCUT2D eigenvalue weighted by Crippen LogP contribution is 2.15. The van der Waals surface area contributed by atoms with Crippen LogP contribution in [-0.2, 0) is 4.79 Å². The van der Waals surface area contributed by atoms with Crippen molar-refractivity contribution in [1.82, 2.24) is 10.2 Å². The number of β-amino-alcohol motifs (C(OH)–C–C–N with tert-alkyl or cyclic N) is 1. The number of likely N-dealkylation sites (tertiary alicyclic amines) is 1. The molecule has 4 nitrogen and oxygen atoms in total. The summed E-state index contributed by atoms with van der Waals surface area (Å²) >= 11 is 0. The maximum Gasteiger partial charge on any atom is 0.239 e. The lowest BCUT2D eigenvalue weighted by Gasteiger charge is -2.22. The first-order valence-corrected chi connectivity index (χ1v) is 5.97. The van der Waals surface area contributed by atoms with E-state index < -0.39 is 0 Å². The molecule has 0 radical (unpaired) electrons. The van der Waals surface area contributed by atoms with E-state index in [1.807, 2.05) is 0 Å². The molecule has 2 aliphatic rings. The molecule has 2 atom stereocenters. The molecule has 0 spiro atoms. The first kappa shape index (κ1) is 10.9. The van der Waals surface area contributed by atoms with Crippen molar-refractivity contribution in [2.24, 2.45) is 0 Å². The zero-order chi connectivity index (χ0) is 10.7. The van der Waals surface area contributed by atoms with Gasteiger partial charge in [-0.05, 0) is 25.8 Å². The van der Waals surface area contributed by atoms with Crippen molar-refractivity contribution in [1.29, 1.82) is 0 Å². The van der Waals surface area contributed by atoms with Gasteiger partial charge in [0.2, 0.25) is 5.91 Å². The second-order valence-corrected chi connectivity index (χ2v) is 4.58. The average Bonchev–Trinajstić information content (AvgIpc) is 2.53. The van der Waals surface area contributed by atoms with Crippen LogP contribution in [0.3, 0.4) is 0 Å². The SMILES string of the molecule is O=C(C1CCCCCN1)N1CC[C@@H](O)C1. The van der Waals surface area contributed by atoms with Gasteiger partial charge >= 0.3 is 0 Å². The van der Waals surface area contributed by atoms with Crippen LogP contribution in [0.5, 0.6) is 0 Å². The number of carbonyl (C=O) groups is 1. The van der Waals surface area contributed by atoms with Gasteiger partial charge in [0.25, 0.3) is 0 Å². The Balaban J connectivity index is 1.88. The summed E-state index contributed by atoms with van der Waals surface area (Å²) in [6.07, 6.45) is 4.91. The van der Waals surface area contributed by atoms with Crippen molar-refractivity contribution < 1.29 is 9.90 Å².